The second-order valence-corrected chi connectivity index (χ2v) is 7.72. The molecule has 0 aliphatic heterocycles. The first kappa shape index (κ1) is 21.0. The van der Waals surface area contributed by atoms with Crippen molar-refractivity contribution in [1.82, 2.24) is 5.32 Å². The molecular formula is C21H25FN2O2S. The zero-order valence-electron chi connectivity index (χ0n) is 15.8. The predicted octanol–water partition coefficient (Wildman–Crippen LogP) is 4.46. The molecule has 144 valence electrons. The van der Waals surface area contributed by atoms with Crippen LogP contribution in [0, 0.1) is 12.7 Å². The molecule has 2 atom stereocenters. The lowest BCUT2D eigenvalue weighted by atomic mass is 10.0. The Morgan fingerprint density at radius 3 is 2.30 bits per heavy atom. The highest BCUT2D eigenvalue weighted by Gasteiger charge is 2.19. The van der Waals surface area contributed by atoms with Crippen molar-refractivity contribution in [3.8, 4) is 0 Å². The summed E-state index contributed by atoms with van der Waals surface area (Å²) in [6, 6.07) is 13.6. The van der Waals surface area contributed by atoms with Crippen LogP contribution >= 0.6 is 11.8 Å². The number of thioether (sulfide) groups is 1. The van der Waals surface area contributed by atoms with Crippen LogP contribution in [0.4, 0.5) is 10.1 Å². The molecule has 0 saturated carbocycles. The molecule has 2 unspecified atom stereocenters. The van der Waals surface area contributed by atoms with Crippen LogP contribution < -0.4 is 10.6 Å². The number of aryl methyl sites for hydroxylation is 1. The molecule has 0 heterocycles. The molecule has 2 aromatic carbocycles. The van der Waals surface area contributed by atoms with Crippen molar-refractivity contribution in [2.75, 3.05) is 11.1 Å². The van der Waals surface area contributed by atoms with Gasteiger partial charge in [0.25, 0.3) is 0 Å². The summed E-state index contributed by atoms with van der Waals surface area (Å²) < 4.78 is 12.9. The Balaban J connectivity index is 1.82. The van der Waals surface area contributed by atoms with Gasteiger partial charge in [-0.25, -0.2) is 4.39 Å². The molecule has 2 aromatic rings. The quantitative estimate of drug-likeness (QED) is 0.702. The van der Waals surface area contributed by atoms with E-state index >= 15 is 0 Å². The standard InChI is InChI=1S/C21H25FN2O2S/c1-4-19(16-7-5-14(2)6-8-16)24-21(26)15(3)27-13-20(25)23-18-11-9-17(22)10-12-18/h5-12,15,19H,4,13H2,1-3H3,(H,23,25)(H,24,26). The average molecular weight is 389 g/mol. The van der Waals surface area contributed by atoms with E-state index < -0.39 is 0 Å². The molecule has 2 amide bonds. The van der Waals surface area contributed by atoms with Gasteiger partial charge >= 0.3 is 0 Å². The van der Waals surface area contributed by atoms with Crippen molar-refractivity contribution >= 4 is 29.3 Å². The van der Waals surface area contributed by atoms with Crippen LogP contribution in [-0.4, -0.2) is 22.8 Å². The van der Waals surface area contributed by atoms with Crippen LogP contribution in [0.5, 0.6) is 0 Å². The highest BCUT2D eigenvalue weighted by Crippen LogP contribution is 2.19. The summed E-state index contributed by atoms with van der Waals surface area (Å²) >= 11 is 1.27. The first-order valence-electron chi connectivity index (χ1n) is 8.93. The smallest absolute Gasteiger partial charge is 0.234 e. The van der Waals surface area contributed by atoms with Gasteiger partial charge in [0, 0.05) is 5.69 Å². The maximum atomic E-state index is 12.9. The van der Waals surface area contributed by atoms with Crippen LogP contribution in [0.25, 0.3) is 0 Å². The highest BCUT2D eigenvalue weighted by atomic mass is 32.2. The van der Waals surface area contributed by atoms with Crippen molar-refractivity contribution in [1.29, 1.82) is 0 Å². The zero-order valence-corrected chi connectivity index (χ0v) is 16.6. The maximum Gasteiger partial charge on any atom is 0.234 e. The van der Waals surface area contributed by atoms with E-state index in [0.717, 1.165) is 12.0 Å². The molecule has 27 heavy (non-hydrogen) atoms. The molecular weight excluding hydrogens is 363 g/mol. The van der Waals surface area contributed by atoms with Gasteiger partial charge < -0.3 is 10.6 Å². The van der Waals surface area contributed by atoms with Crippen LogP contribution in [-0.2, 0) is 9.59 Å². The molecule has 2 N–H and O–H groups in total. The third kappa shape index (κ3) is 6.71. The van der Waals surface area contributed by atoms with Gasteiger partial charge in [-0.15, -0.1) is 11.8 Å². The summed E-state index contributed by atoms with van der Waals surface area (Å²) in [6.45, 7) is 5.84. The monoisotopic (exact) mass is 388 g/mol. The van der Waals surface area contributed by atoms with Gasteiger partial charge in [0.1, 0.15) is 5.82 Å². The minimum Gasteiger partial charge on any atom is -0.348 e. The lowest BCUT2D eigenvalue weighted by Gasteiger charge is -2.20. The molecule has 0 aliphatic rings. The number of nitrogens with one attached hydrogen (secondary N) is 2. The van der Waals surface area contributed by atoms with Gasteiger partial charge in [-0.1, -0.05) is 36.8 Å². The van der Waals surface area contributed by atoms with Crippen LogP contribution in [0.15, 0.2) is 48.5 Å². The summed E-state index contributed by atoms with van der Waals surface area (Å²) in [4.78, 5) is 24.5. The Morgan fingerprint density at radius 1 is 1.07 bits per heavy atom. The van der Waals surface area contributed by atoms with E-state index in [4.69, 9.17) is 0 Å². The van der Waals surface area contributed by atoms with Gasteiger partial charge in [0.05, 0.1) is 17.0 Å². The van der Waals surface area contributed by atoms with Gasteiger partial charge in [-0.05, 0) is 50.1 Å². The minimum absolute atomic E-state index is 0.0470. The van der Waals surface area contributed by atoms with E-state index in [0.29, 0.717) is 5.69 Å². The fourth-order valence-electron chi connectivity index (χ4n) is 2.52. The van der Waals surface area contributed by atoms with Crippen molar-refractivity contribution in [2.45, 2.75) is 38.5 Å². The second-order valence-electron chi connectivity index (χ2n) is 6.39. The predicted molar refractivity (Wildman–Crippen MR) is 109 cm³/mol. The lowest BCUT2D eigenvalue weighted by Crippen LogP contribution is -2.34. The summed E-state index contributed by atoms with van der Waals surface area (Å²) in [5.41, 5.74) is 2.78. The van der Waals surface area contributed by atoms with E-state index in [1.54, 1.807) is 6.92 Å². The fourth-order valence-corrected chi connectivity index (χ4v) is 3.21. The van der Waals surface area contributed by atoms with Crippen molar-refractivity contribution < 1.29 is 14.0 Å². The van der Waals surface area contributed by atoms with Gasteiger partial charge in [-0.3, -0.25) is 9.59 Å². The minimum atomic E-state index is -0.358. The molecule has 6 heteroatoms. The third-order valence-corrected chi connectivity index (χ3v) is 5.31. The summed E-state index contributed by atoms with van der Waals surface area (Å²) in [6.07, 6.45) is 0.789. The van der Waals surface area contributed by atoms with Crippen LogP contribution in [0.2, 0.25) is 0 Å². The molecule has 0 saturated heterocycles. The fraction of sp³-hybridized carbons (Fsp3) is 0.333. The number of carbonyl (C=O) groups excluding carboxylic acids is 2. The molecule has 0 aromatic heterocycles. The van der Waals surface area contributed by atoms with Crippen molar-refractivity contribution in [2.24, 2.45) is 0 Å². The number of amides is 2. The molecule has 0 fully saturated rings. The third-order valence-electron chi connectivity index (χ3n) is 4.17. The molecule has 4 nitrogen and oxygen atoms in total. The van der Waals surface area contributed by atoms with E-state index in [2.05, 4.69) is 10.6 Å². The number of benzene rings is 2. The van der Waals surface area contributed by atoms with E-state index in [1.807, 2.05) is 38.1 Å². The summed E-state index contributed by atoms with van der Waals surface area (Å²) in [5.74, 6) is -0.529. The van der Waals surface area contributed by atoms with Gasteiger partial charge in [0.15, 0.2) is 0 Å². The summed E-state index contributed by atoms with van der Waals surface area (Å²) in [7, 11) is 0. The Morgan fingerprint density at radius 2 is 1.70 bits per heavy atom. The number of carbonyl (C=O) groups is 2. The Bertz CT molecular complexity index is 763. The normalized spacial score (nSPS) is 12.9. The Labute approximate surface area is 163 Å². The van der Waals surface area contributed by atoms with Crippen molar-refractivity contribution in [3.63, 3.8) is 0 Å². The Hall–Kier alpha value is -2.34. The topological polar surface area (TPSA) is 58.2 Å². The lowest BCUT2D eigenvalue weighted by molar-refractivity contribution is -0.121. The molecule has 0 radical (unpaired) electrons. The highest BCUT2D eigenvalue weighted by molar-refractivity contribution is 8.01. The van der Waals surface area contributed by atoms with E-state index in [-0.39, 0.29) is 34.7 Å². The van der Waals surface area contributed by atoms with Gasteiger partial charge in [0.2, 0.25) is 11.8 Å². The second kappa shape index (κ2) is 10.1. The maximum absolute atomic E-state index is 12.9. The zero-order chi connectivity index (χ0) is 19.8. The molecule has 2 rings (SSSR count). The molecule has 0 aliphatic carbocycles. The number of hydrogen-bond donors (Lipinski definition) is 2. The number of rotatable bonds is 8. The van der Waals surface area contributed by atoms with Gasteiger partial charge in [-0.2, -0.15) is 0 Å². The first-order valence-corrected chi connectivity index (χ1v) is 9.98. The van der Waals surface area contributed by atoms with E-state index in [1.165, 1.54) is 41.6 Å². The van der Waals surface area contributed by atoms with Crippen LogP contribution in [0.1, 0.15) is 37.4 Å². The van der Waals surface area contributed by atoms with E-state index in [9.17, 15) is 14.0 Å². The number of hydrogen-bond acceptors (Lipinski definition) is 3. The first-order chi connectivity index (χ1) is 12.9. The number of anilines is 1. The van der Waals surface area contributed by atoms with Crippen LogP contribution in [0.3, 0.4) is 0 Å². The summed E-state index contributed by atoms with van der Waals surface area (Å²) in [5, 5.41) is 5.38. The average Bonchev–Trinajstić information content (AvgIpc) is 2.66. The number of halogens is 1. The molecule has 0 spiro atoms. The Kier molecular flexibility index (Phi) is 7.85. The SMILES string of the molecule is CCC(NC(=O)C(C)SCC(=O)Nc1ccc(F)cc1)c1ccc(C)cc1. The van der Waals surface area contributed by atoms with Crippen molar-refractivity contribution in [3.05, 3.63) is 65.5 Å². The molecule has 0 bridgehead atoms. The largest absolute Gasteiger partial charge is 0.348 e.